The van der Waals surface area contributed by atoms with E-state index in [1.807, 2.05) is 0 Å². The second-order valence-corrected chi connectivity index (χ2v) is 5.56. The molecule has 0 aromatic heterocycles. The van der Waals surface area contributed by atoms with E-state index in [2.05, 4.69) is 74.5 Å². The van der Waals surface area contributed by atoms with Gasteiger partial charge in [0.15, 0.2) is 0 Å². The zero-order chi connectivity index (χ0) is 13.7. The molecule has 0 fully saturated rings. The van der Waals surface area contributed by atoms with Gasteiger partial charge < -0.3 is 0 Å². The average Bonchev–Trinajstić information content (AvgIpc) is 2.48. The SMILES string of the molecule is Cc1cc2ccccc2c2c(C)c3ccccc3cc12. The molecule has 0 N–H and O–H groups in total. The predicted octanol–water partition coefficient (Wildman–Crippen LogP) is 5.76. The van der Waals surface area contributed by atoms with Gasteiger partial charge in [-0.1, -0.05) is 54.6 Å². The molecule has 0 aliphatic heterocycles. The quantitative estimate of drug-likeness (QED) is 0.277. The van der Waals surface area contributed by atoms with E-state index in [4.69, 9.17) is 0 Å². The van der Waals surface area contributed by atoms with Gasteiger partial charge in [-0.2, -0.15) is 0 Å². The molecule has 20 heavy (non-hydrogen) atoms. The van der Waals surface area contributed by atoms with E-state index in [0.29, 0.717) is 0 Å². The lowest BCUT2D eigenvalue weighted by Gasteiger charge is -2.13. The number of aryl methyl sites for hydroxylation is 2. The third-order valence-corrected chi connectivity index (χ3v) is 4.34. The molecule has 0 unspecified atom stereocenters. The Kier molecular flexibility index (Phi) is 2.34. The summed E-state index contributed by atoms with van der Waals surface area (Å²) in [5, 5.41) is 8.15. The van der Waals surface area contributed by atoms with Crippen molar-refractivity contribution in [1.82, 2.24) is 0 Å². The second-order valence-electron chi connectivity index (χ2n) is 5.56. The lowest BCUT2D eigenvalue weighted by Crippen LogP contribution is -1.88. The van der Waals surface area contributed by atoms with Crippen LogP contribution in [0.25, 0.3) is 32.3 Å². The Balaban J connectivity index is 2.37. The van der Waals surface area contributed by atoms with Gasteiger partial charge in [0.25, 0.3) is 0 Å². The van der Waals surface area contributed by atoms with E-state index >= 15 is 0 Å². The fraction of sp³-hybridized carbons (Fsp3) is 0.100. The summed E-state index contributed by atoms with van der Waals surface area (Å²) in [6.45, 7) is 4.46. The van der Waals surface area contributed by atoms with E-state index in [1.165, 1.54) is 43.4 Å². The van der Waals surface area contributed by atoms with Gasteiger partial charge in [0.2, 0.25) is 0 Å². The van der Waals surface area contributed by atoms with Crippen LogP contribution in [0.15, 0.2) is 60.7 Å². The highest BCUT2D eigenvalue weighted by molar-refractivity contribution is 6.15. The summed E-state index contributed by atoms with van der Waals surface area (Å²) in [4.78, 5) is 0. The van der Waals surface area contributed by atoms with Crippen LogP contribution in [-0.4, -0.2) is 0 Å². The average molecular weight is 256 g/mol. The highest BCUT2D eigenvalue weighted by atomic mass is 14.1. The highest BCUT2D eigenvalue weighted by Gasteiger charge is 2.09. The zero-order valence-electron chi connectivity index (χ0n) is 11.8. The minimum atomic E-state index is 1.33. The summed E-state index contributed by atoms with van der Waals surface area (Å²) in [6, 6.07) is 22.0. The molecule has 0 atom stereocenters. The van der Waals surface area contributed by atoms with Gasteiger partial charge in [0, 0.05) is 0 Å². The molecule has 0 radical (unpaired) electrons. The molecule has 4 aromatic rings. The van der Waals surface area contributed by atoms with Crippen LogP contribution in [0.5, 0.6) is 0 Å². The largest absolute Gasteiger partial charge is 0.0616 e. The minimum absolute atomic E-state index is 1.33. The molecular formula is C20H16. The Bertz CT molecular complexity index is 956. The molecule has 0 heterocycles. The molecule has 0 spiro atoms. The Labute approximate surface area is 118 Å². The van der Waals surface area contributed by atoms with Gasteiger partial charge >= 0.3 is 0 Å². The van der Waals surface area contributed by atoms with Crippen LogP contribution >= 0.6 is 0 Å². The number of benzene rings is 4. The van der Waals surface area contributed by atoms with Crippen molar-refractivity contribution in [2.75, 3.05) is 0 Å². The number of fused-ring (bicyclic) bond motifs is 4. The topological polar surface area (TPSA) is 0 Å². The number of hydrogen-bond acceptors (Lipinski definition) is 0. The van der Waals surface area contributed by atoms with E-state index < -0.39 is 0 Å². The zero-order valence-corrected chi connectivity index (χ0v) is 11.8. The van der Waals surface area contributed by atoms with Gasteiger partial charge in [-0.25, -0.2) is 0 Å². The molecule has 0 amide bonds. The van der Waals surface area contributed by atoms with E-state index in [0.717, 1.165) is 0 Å². The molecule has 4 aromatic carbocycles. The van der Waals surface area contributed by atoms with Crippen molar-refractivity contribution in [3.63, 3.8) is 0 Å². The molecule has 0 nitrogen and oxygen atoms in total. The number of rotatable bonds is 0. The molecule has 96 valence electrons. The summed E-state index contributed by atoms with van der Waals surface area (Å²) in [5.74, 6) is 0. The first kappa shape index (κ1) is 11.5. The maximum Gasteiger partial charge on any atom is -0.00671 e. The molecule has 0 aliphatic rings. The molecular weight excluding hydrogens is 240 g/mol. The lowest BCUT2D eigenvalue weighted by atomic mass is 9.91. The summed E-state index contributed by atoms with van der Waals surface area (Å²) in [6.07, 6.45) is 0. The molecule has 0 saturated carbocycles. The smallest absolute Gasteiger partial charge is 0.00671 e. The Hall–Kier alpha value is -2.34. The van der Waals surface area contributed by atoms with Gasteiger partial charge in [-0.3, -0.25) is 0 Å². The van der Waals surface area contributed by atoms with Crippen LogP contribution in [0, 0.1) is 13.8 Å². The van der Waals surface area contributed by atoms with Crippen molar-refractivity contribution in [1.29, 1.82) is 0 Å². The van der Waals surface area contributed by atoms with E-state index in [1.54, 1.807) is 0 Å². The predicted molar refractivity (Wildman–Crippen MR) is 88.4 cm³/mol. The van der Waals surface area contributed by atoms with Crippen molar-refractivity contribution in [2.24, 2.45) is 0 Å². The fourth-order valence-corrected chi connectivity index (χ4v) is 3.35. The molecule has 0 saturated heterocycles. The molecule has 0 heteroatoms. The minimum Gasteiger partial charge on any atom is -0.0616 e. The van der Waals surface area contributed by atoms with Crippen LogP contribution in [0.3, 0.4) is 0 Å². The van der Waals surface area contributed by atoms with Crippen molar-refractivity contribution >= 4 is 32.3 Å². The van der Waals surface area contributed by atoms with E-state index in [-0.39, 0.29) is 0 Å². The van der Waals surface area contributed by atoms with Gasteiger partial charge in [0.05, 0.1) is 0 Å². The van der Waals surface area contributed by atoms with Crippen LogP contribution in [0.1, 0.15) is 11.1 Å². The van der Waals surface area contributed by atoms with E-state index in [9.17, 15) is 0 Å². The van der Waals surface area contributed by atoms with Gasteiger partial charge in [0.1, 0.15) is 0 Å². The van der Waals surface area contributed by atoms with Crippen molar-refractivity contribution in [2.45, 2.75) is 13.8 Å². The first-order valence-electron chi connectivity index (χ1n) is 7.06. The normalized spacial score (nSPS) is 11.5. The molecule has 0 bridgehead atoms. The highest BCUT2D eigenvalue weighted by Crippen LogP contribution is 2.35. The third kappa shape index (κ3) is 1.48. The summed E-state index contributed by atoms with van der Waals surface area (Å²) < 4.78 is 0. The monoisotopic (exact) mass is 256 g/mol. The summed E-state index contributed by atoms with van der Waals surface area (Å²) in [5.41, 5.74) is 2.74. The Morgan fingerprint density at radius 3 is 1.95 bits per heavy atom. The van der Waals surface area contributed by atoms with Crippen molar-refractivity contribution in [3.05, 3.63) is 71.8 Å². The fourth-order valence-electron chi connectivity index (χ4n) is 3.35. The molecule has 0 aliphatic carbocycles. The molecule has 4 rings (SSSR count). The lowest BCUT2D eigenvalue weighted by molar-refractivity contribution is 1.53. The van der Waals surface area contributed by atoms with Crippen LogP contribution in [-0.2, 0) is 0 Å². The van der Waals surface area contributed by atoms with Crippen LogP contribution in [0.4, 0.5) is 0 Å². The maximum absolute atomic E-state index is 2.33. The standard InChI is InChI=1S/C20H16/c1-13-11-15-7-4-6-10-18(15)20-14(2)17-9-5-3-8-16(17)12-19(13)20/h3-12H,1-2H3. The number of hydrogen-bond donors (Lipinski definition) is 0. The third-order valence-electron chi connectivity index (χ3n) is 4.34. The van der Waals surface area contributed by atoms with Crippen LogP contribution < -0.4 is 0 Å². The summed E-state index contributed by atoms with van der Waals surface area (Å²) in [7, 11) is 0. The first-order valence-corrected chi connectivity index (χ1v) is 7.06. The van der Waals surface area contributed by atoms with Crippen molar-refractivity contribution < 1.29 is 0 Å². The second kappa shape index (κ2) is 4.08. The van der Waals surface area contributed by atoms with Gasteiger partial charge in [-0.15, -0.1) is 0 Å². The van der Waals surface area contributed by atoms with Crippen LogP contribution in [0.2, 0.25) is 0 Å². The first-order chi connectivity index (χ1) is 9.75. The van der Waals surface area contributed by atoms with Gasteiger partial charge in [-0.05, 0) is 63.4 Å². The van der Waals surface area contributed by atoms with Crippen molar-refractivity contribution in [3.8, 4) is 0 Å². The Morgan fingerprint density at radius 2 is 1.20 bits per heavy atom. The Morgan fingerprint density at radius 1 is 0.600 bits per heavy atom. The maximum atomic E-state index is 2.33. The summed E-state index contributed by atoms with van der Waals surface area (Å²) >= 11 is 0.